The van der Waals surface area contributed by atoms with Crippen LogP contribution in [0.3, 0.4) is 0 Å². The van der Waals surface area contributed by atoms with Crippen LogP contribution in [0, 0.1) is 5.92 Å². The second kappa shape index (κ2) is 6.77. The molecule has 0 aliphatic heterocycles. The number of nitrogens with two attached hydrogens (primary N) is 1. The molecule has 1 aromatic heterocycles. The molecule has 0 aromatic carbocycles. The normalized spacial score (nSPS) is 16.3. The summed E-state index contributed by atoms with van der Waals surface area (Å²) in [7, 11) is 1.85. The molecule has 0 saturated heterocycles. The second-order valence-corrected chi connectivity index (χ2v) is 5.90. The summed E-state index contributed by atoms with van der Waals surface area (Å²) in [5.41, 5.74) is 7.80. The maximum absolute atomic E-state index is 12.4. The molecular formula is C15H26N4O. The minimum atomic E-state index is -0.0633. The van der Waals surface area contributed by atoms with Gasteiger partial charge in [-0.3, -0.25) is 9.89 Å². The Kier molecular flexibility index (Phi) is 5.04. The fraction of sp³-hybridized carbons (Fsp3) is 0.733. The van der Waals surface area contributed by atoms with Crippen molar-refractivity contribution in [1.82, 2.24) is 15.1 Å². The predicted octanol–water partition coefficient (Wildman–Crippen LogP) is 2.60. The van der Waals surface area contributed by atoms with Crippen molar-refractivity contribution in [3.63, 3.8) is 0 Å². The van der Waals surface area contributed by atoms with E-state index < -0.39 is 0 Å². The Morgan fingerprint density at radius 2 is 2.10 bits per heavy atom. The van der Waals surface area contributed by atoms with Crippen LogP contribution in [0.25, 0.3) is 0 Å². The first-order chi connectivity index (χ1) is 9.63. The summed E-state index contributed by atoms with van der Waals surface area (Å²) in [6.07, 6.45) is 8.19. The third-order valence-electron chi connectivity index (χ3n) is 4.19. The van der Waals surface area contributed by atoms with Crippen molar-refractivity contribution < 1.29 is 4.79 Å². The predicted molar refractivity (Wildman–Crippen MR) is 80.5 cm³/mol. The van der Waals surface area contributed by atoms with E-state index in [0.717, 1.165) is 25.1 Å². The molecule has 1 aromatic rings. The Hall–Kier alpha value is -1.52. The van der Waals surface area contributed by atoms with Crippen LogP contribution >= 0.6 is 0 Å². The molecule has 1 amide bonds. The molecule has 5 heteroatoms. The maximum Gasteiger partial charge on any atom is 0.276 e. The van der Waals surface area contributed by atoms with Crippen LogP contribution in [0.5, 0.6) is 0 Å². The minimum absolute atomic E-state index is 0.0633. The Morgan fingerprint density at radius 1 is 1.40 bits per heavy atom. The average molecular weight is 278 g/mol. The van der Waals surface area contributed by atoms with E-state index in [-0.39, 0.29) is 5.91 Å². The van der Waals surface area contributed by atoms with Gasteiger partial charge >= 0.3 is 0 Å². The van der Waals surface area contributed by atoms with Gasteiger partial charge < -0.3 is 10.6 Å². The summed E-state index contributed by atoms with van der Waals surface area (Å²) in [5.74, 6) is 0.569. The zero-order valence-corrected chi connectivity index (χ0v) is 12.6. The van der Waals surface area contributed by atoms with Gasteiger partial charge in [-0.05, 0) is 25.2 Å². The van der Waals surface area contributed by atoms with Crippen molar-refractivity contribution in [3.05, 3.63) is 11.4 Å². The Balaban J connectivity index is 1.98. The minimum Gasteiger partial charge on any atom is -0.395 e. The van der Waals surface area contributed by atoms with Crippen molar-refractivity contribution in [2.75, 3.05) is 19.3 Å². The smallest absolute Gasteiger partial charge is 0.276 e. The number of hydrogen-bond acceptors (Lipinski definition) is 3. The van der Waals surface area contributed by atoms with E-state index in [9.17, 15) is 4.79 Å². The van der Waals surface area contributed by atoms with Gasteiger partial charge in [-0.15, -0.1) is 0 Å². The highest BCUT2D eigenvalue weighted by molar-refractivity contribution is 5.97. The van der Waals surface area contributed by atoms with E-state index in [1.165, 1.54) is 32.1 Å². The number of anilines is 1. The SMILES string of the molecule is CCCc1[nH]nc(C(=O)N(C)CC2CCCCC2)c1N. The van der Waals surface area contributed by atoms with E-state index in [0.29, 0.717) is 17.3 Å². The van der Waals surface area contributed by atoms with Gasteiger partial charge in [0.25, 0.3) is 5.91 Å². The first-order valence-electron chi connectivity index (χ1n) is 7.71. The van der Waals surface area contributed by atoms with Crippen molar-refractivity contribution >= 4 is 11.6 Å². The third-order valence-corrected chi connectivity index (χ3v) is 4.19. The van der Waals surface area contributed by atoms with Crippen molar-refractivity contribution in [1.29, 1.82) is 0 Å². The first kappa shape index (κ1) is 14.9. The van der Waals surface area contributed by atoms with E-state index in [1.54, 1.807) is 4.90 Å². The number of rotatable bonds is 5. The van der Waals surface area contributed by atoms with Gasteiger partial charge in [0, 0.05) is 13.6 Å². The molecule has 1 aliphatic rings. The molecule has 0 unspecified atom stereocenters. The van der Waals surface area contributed by atoms with Crippen LogP contribution in [-0.4, -0.2) is 34.6 Å². The molecule has 0 spiro atoms. The van der Waals surface area contributed by atoms with Crippen molar-refractivity contribution in [2.24, 2.45) is 5.92 Å². The number of nitrogens with one attached hydrogen (secondary N) is 1. The number of nitrogen functional groups attached to an aromatic ring is 1. The quantitative estimate of drug-likeness (QED) is 0.869. The van der Waals surface area contributed by atoms with E-state index in [1.807, 2.05) is 7.05 Å². The van der Waals surface area contributed by atoms with Gasteiger partial charge in [0.15, 0.2) is 5.69 Å². The van der Waals surface area contributed by atoms with Gasteiger partial charge in [0.05, 0.1) is 11.4 Å². The van der Waals surface area contributed by atoms with Gasteiger partial charge in [-0.25, -0.2) is 0 Å². The van der Waals surface area contributed by atoms with Gasteiger partial charge in [0.1, 0.15) is 0 Å². The average Bonchev–Trinajstić information content (AvgIpc) is 2.81. The van der Waals surface area contributed by atoms with Crippen LogP contribution in [0.1, 0.15) is 61.6 Å². The summed E-state index contributed by atoms with van der Waals surface area (Å²) < 4.78 is 0. The molecule has 0 bridgehead atoms. The number of nitrogens with zero attached hydrogens (tertiary/aromatic N) is 2. The van der Waals surface area contributed by atoms with Crippen molar-refractivity contribution in [3.8, 4) is 0 Å². The third kappa shape index (κ3) is 3.32. The summed E-state index contributed by atoms with van der Waals surface area (Å²) in [6, 6.07) is 0. The molecule has 20 heavy (non-hydrogen) atoms. The largest absolute Gasteiger partial charge is 0.395 e. The van der Waals surface area contributed by atoms with Crippen LogP contribution in [0.15, 0.2) is 0 Å². The number of hydrogen-bond donors (Lipinski definition) is 2. The number of carbonyl (C=O) groups excluding carboxylic acids is 1. The van der Waals surface area contributed by atoms with Gasteiger partial charge in [-0.2, -0.15) is 5.10 Å². The summed E-state index contributed by atoms with van der Waals surface area (Å²) in [4.78, 5) is 14.2. The Morgan fingerprint density at radius 3 is 2.75 bits per heavy atom. The molecule has 1 heterocycles. The lowest BCUT2D eigenvalue weighted by atomic mass is 9.89. The monoisotopic (exact) mass is 278 g/mol. The maximum atomic E-state index is 12.4. The van der Waals surface area contributed by atoms with Gasteiger partial charge in [0.2, 0.25) is 0 Å². The van der Waals surface area contributed by atoms with E-state index >= 15 is 0 Å². The molecule has 1 fully saturated rings. The molecule has 5 nitrogen and oxygen atoms in total. The molecule has 0 radical (unpaired) electrons. The lowest BCUT2D eigenvalue weighted by Gasteiger charge is -2.26. The highest BCUT2D eigenvalue weighted by Crippen LogP contribution is 2.25. The molecule has 112 valence electrons. The van der Waals surface area contributed by atoms with Crippen LogP contribution < -0.4 is 5.73 Å². The lowest BCUT2D eigenvalue weighted by Crippen LogP contribution is -2.33. The van der Waals surface area contributed by atoms with Gasteiger partial charge in [-0.1, -0.05) is 32.6 Å². The molecule has 3 N–H and O–H groups in total. The fourth-order valence-corrected chi connectivity index (χ4v) is 3.01. The molecule has 1 aliphatic carbocycles. The first-order valence-corrected chi connectivity index (χ1v) is 7.71. The topological polar surface area (TPSA) is 75.0 Å². The zero-order valence-electron chi connectivity index (χ0n) is 12.6. The Labute approximate surface area is 120 Å². The number of amides is 1. The van der Waals surface area contributed by atoms with Crippen molar-refractivity contribution in [2.45, 2.75) is 51.9 Å². The molecular weight excluding hydrogens is 252 g/mol. The second-order valence-electron chi connectivity index (χ2n) is 5.90. The Bertz CT molecular complexity index is 449. The number of H-pyrrole nitrogens is 1. The molecule has 1 saturated carbocycles. The number of aromatic amines is 1. The summed E-state index contributed by atoms with van der Waals surface area (Å²) >= 11 is 0. The fourth-order valence-electron chi connectivity index (χ4n) is 3.01. The standard InChI is InChI=1S/C15H26N4O/c1-3-7-12-13(16)14(18-17-12)15(20)19(2)10-11-8-5-4-6-9-11/h11H,3-10,16H2,1-2H3,(H,17,18). The van der Waals surface area contributed by atoms with E-state index in [2.05, 4.69) is 17.1 Å². The summed E-state index contributed by atoms with van der Waals surface area (Å²) in [5, 5.41) is 7.00. The number of carbonyl (C=O) groups is 1. The lowest BCUT2D eigenvalue weighted by molar-refractivity contribution is 0.0756. The van der Waals surface area contributed by atoms with Crippen LogP contribution in [0.4, 0.5) is 5.69 Å². The zero-order chi connectivity index (χ0) is 14.5. The number of aromatic nitrogens is 2. The van der Waals surface area contributed by atoms with Crippen LogP contribution in [0.2, 0.25) is 0 Å². The van der Waals surface area contributed by atoms with E-state index in [4.69, 9.17) is 5.73 Å². The van der Waals surface area contributed by atoms with Crippen LogP contribution in [-0.2, 0) is 6.42 Å². The molecule has 0 atom stereocenters. The molecule has 2 rings (SSSR count). The number of aryl methyl sites for hydroxylation is 1. The highest BCUT2D eigenvalue weighted by atomic mass is 16.2. The highest BCUT2D eigenvalue weighted by Gasteiger charge is 2.23. The summed E-state index contributed by atoms with van der Waals surface area (Å²) in [6.45, 7) is 2.89.